The molecule has 0 atom stereocenters. The third kappa shape index (κ3) is 4.19. The van der Waals surface area contributed by atoms with E-state index in [2.05, 4.69) is 18.8 Å². The van der Waals surface area contributed by atoms with Gasteiger partial charge in [-0.05, 0) is 38.9 Å². The zero-order chi connectivity index (χ0) is 15.2. The second-order valence-corrected chi connectivity index (χ2v) is 6.68. The summed E-state index contributed by atoms with van der Waals surface area (Å²) < 4.78 is 31.8. The first-order valence-electron chi connectivity index (χ1n) is 6.85. The van der Waals surface area contributed by atoms with Gasteiger partial charge < -0.3 is 9.73 Å². The van der Waals surface area contributed by atoms with E-state index in [0.717, 1.165) is 13.0 Å². The molecule has 0 fully saturated rings. The van der Waals surface area contributed by atoms with E-state index < -0.39 is 10.0 Å². The Bertz CT molecular complexity index is 520. The zero-order valence-corrected chi connectivity index (χ0v) is 13.2. The molecule has 0 aromatic carbocycles. The molecule has 0 spiro atoms. The van der Waals surface area contributed by atoms with Crippen LogP contribution < -0.4 is 5.32 Å². The number of hydrogen-bond donors (Lipinski definition) is 1. The van der Waals surface area contributed by atoms with E-state index in [9.17, 15) is 8.42 Å². The van der Waals surface area contributed by atoms with E-state index >= 15 is 0 Å². The number of furan rings is 1. The molecule has 20 heavy (non-hydrogen) atoms. The summed E-state index contributed by atoms with van der Waals surface area (Å²) >= 11 is 0. The molecule has 0 amide bonds. The number of rotatable bonds is 9. The molecule has 1 aromatic rings. The largest absolute Gasteiger partial charge is 0.447 e. The van der Waals surface area contributed by atoms with Crippen LogP contribution in [0.5, 0.6) is 0 Å². The first-order valence-corrected chi connectivity index (χ1v) is 8.29. The predicted octanol–water partition coefficient (Wildman–Crippen LogP) is 2.36. The maximum atomic E-state index is 12.5. The molecule has 0 unspecified atom stereocenters. The summed E-state index contributed by atoms with van der Waals surface area (Å²) in [7, 11) is -3.60. The SMILES string of the molecule is C=CCN(C(C)C)S(=O)(=O)c1ccc(CNCCC)o1. The Morgan fingerprint density at radius 1 is 1.45 bits per heavy atom. The monoisotopic (exact) mass is 300 g/mol. The molecule has 0 saturated carbocycles. The van der Waals surface area contributed by atoms with Crippen molar-refractivity contribution in [2.75, 3.05) is 13.1 Å². The van der Waals surface area contributed by atoms with Crippen LogP contribution >= 0.6 is 0 Å². The molecule has 1 aromatic heterocycles. The highest BCUT2D eigenvalue weighted by molar-refractivity contribution is 7.89. The van der Waals surface area contributed by atoms with Crippen molar-refractivity contribution in [1.29, 1.82) is 0 Å². The van der Waals surface area contributed by atoms with Crippen LogP contribution in [0.4, 0.5) is 0 Å². The fourth-order valence-electron chi connectivity index (χ4n) is 1.81. The second-order valence-electron chi connectivity index (χ2n) is 4.85. The third-order valence-electron chi connectivity index (χ3n) is 2.81. The average Bonchev–Trinajstić information content (AvgIpc) is 2.85. The zero-order valence-electron chi connectivity index (χ0n) is 12.4. The minimum absolute atomic E-state index is 0.0126. The Kier molecular flexibility index (Phi) is 6.45. The van der Waals surface area contributed by atoms with Gasteiger partial charge in [-0.25, -0.2) is 8.42 Å². The molecule has 114 valence electrons. The van der Waals surface area contributed by atoms with Gasteiger partial charge in [-0.1, -0.05) is 13.0 Å². The molecular weight excluding hydrogens is 276 g/mol. The van der Waals surface area contributed by atoms with Crippen molar-refractivity contribution in [3.05, 3.63) is 30.5 Å². The Hall–Kier alpha value is -1.11. The van der Waals surface area contributed by atoms with Crippen molar-refractivity contribution in [3.8, 4) is 0 Å². The van der Waals surface area contributed by atoms with E-state index in [4.69, 9.17) is 4.42 Å². The molecule has 1 heterocycles. The van der Waals surface area contributed by atoms with E-state index in [1.165, 1.54) is 10.4 Å². The van der Waals surface area contributed by atoms with E-state index in [-0.39, 0.29) is 17.7 Å². The Labute approximate surface area is 121 Å². The van der Waals surface area contributed by atoms with Crippen LogP contribution in [0.25, 0.3) is 0 Å². The summed E-state index contributed by atoms with van der Waals surface area (Å²) in [6.45, 7) is 11.0. The van der Waals surface area contributed by atoms with Crippen molar-refractivity contribution in [3.63, 3.8) is 0 Å². The molecule has 6 heteroatoms. The van der Waals surface area contributed by atoms with Gasteiger partial charge in [0.05, 0.1) is 6.54 Å². The lowest BCUT2D eigenvalue weighted by Gasteiger charge is -2.23. The summed E-state index contributed by atoms with van der Waals surface area (Å²) in [6, 6.07) is 3.06. The lowest BCUT2D eigenvalue weighted by atomic mass is 10.4. The summed E-state index contributed by atoms with van der Waals surface area (Å²) in [5, 5.41) is 3.16. The van der Waals surface area contributed by atoms with Crippen LogP contribution in [-0.2, 0) is 16.6 Å². The van der Waals surface area contributed by atoms with Gasteiger partial charge in [0, 0.05) is 12.6 Å². The smallest absolute Gasteiger partial charge is 0.276 e. The number of sulfonamides is 1. The maximum absolute atomic E-state index is 12.5. The third-order valence-corrected chi connectivity index (χ3v) is 4.73. The fraction of sp³-hybridized carbons (Fsp3) is 0.571. The summed E-state index contributed by atoms with van der Waals surface area (Å²) in [5.74, 6) is 0.624. The minimum Gasteiger partial charge on any atom is -0.447 e. The van der Waals surface area contributed by atoms with Gasteiger partial charge in [0.25, 0.3) is 10.0 Å². The molecule has 0 radical (unpaired) electrons. The first-order chi connectivity index (χ1) is 9.43. The second kappa shape index (κ2) is 7.61. The van der Waals surface area contributed by atoms with Crippen molar-refractivity contribution < 1.29 is 12.8 Å². The molecule has 0 aliphatic rings. The average molecular weight is 300 g/mol. The highest BCUT2D eigenvalue weighted by atomic mass is 32.2. The summed E-state index contributed by atoms with van der Waals surface area (Å²) in [5.41, 5.74) is 0. The van der Waals surface area contributed by atoms with Crippen LogP contribution in [0.3, 0.4) is 0 Å². The first kappa shape index (κ1) is 16.9. The van der Waals surface area contributed by atoms with Crippen molar-refractivity contribution >= 4 is 10.0 Å². The molecule has 0 aliphatic heterocycles. The lowest BCUT2D eigenvalue weighted by Crippen LogP contribution is -2.36. The van der Waals surface area contributed by atoms with Crippen molar-refractivity contribution in [1.82, 2.24) is 9.62 Å². The molecule has 1 N–H and O–H groups in total. The fourth-order valence-corrected chi connectivity index (χ4v) is 3.35. The maximum Gasteiger partial charge on any atom is 0.276 e. The van der Waals surface area contributed by atoms with Crippen molar-refractivity contribution in [2.45, 2.75) is 44.9 Å². The highest BCUT2D eigenvalue weighted by Gasteiger charge is 2.28. The molecule has 0 bridgehead atoms. The normalized spacial score (nSPS) is 12.2. The van der Waals surface area contributed by atoms with Gasteiger partial charge in [-0.2, -0.15) is 4.31 Å². The van der Waals surface area contributed by atoms with Gasteiger partial charge >= 0.3 is 0 Å². The van der Waals surface area contributed by atoms with E-state index in [0.29, 0.717) is 12.3 Å². The Morgan fingerprint density at radius 2 is 2.15 bits per heavy atom. The van der Waals surface area contributed by atoms with Gasteiger partial charge in [0.15, 0.2) is 0 Å². The van der Waals surface area contributed by atoms with Gasteiger partial charge in [-0.3, -0.25) is 0 Å². The summed E-state index contributed by atoms with van der Waals surface area (Å²) in [6.07, 6.45) is 2.59. The van der Waals surface area contributed by atoms with Gasteiger partial charge in [-0.15, -0.1) is 6.58 Å². The van der Waals surface area contributed by atoms with Crippen LogP contribution in [-0.4, -0.2) is 31.9 Å². The Morgan fingerprint density at radius 3 is 2.70 bits per heavy atom. The topological polar surface area (TPSA) is 62.6 Å². The Balaban J connectivity index is 2.89. The quantitative estimate of drug-likeness (QED) is 0.562. The highest BCUT2D eigenvalue weighted by Crippen LogP contribution is 2.20. The number of nitrogens with one attached hydrogen (secondary N) is 1. The van der Waals surface area contributed by atoms with Crippen LogP contribution in [0.15, 0.2) is 34.3 Å². The van der Waals surface area contributed by atoms with Crippen LogP contribution in [0.2, 0.25) is 0 Å². The van der Waals surface area contributed by atoms with Gasteiger partial charge in [0.1, 0.15) is 5.76 Å². The molecule has 5 nitrogen and oxygen atoms in total. The number of nitrogens with zero attached hydrogens (tertiary/aromatic N) is 1. The van der Waals surface area contributed by atoms with Crippen LogP contribution in [0, 0.1) is 0 Å². The molecule has 0 aliphatic carbocycles. The lowest BCUT2D eigenvalue weighted by molar-refractivity contribution is 0.347. The predicted molar refractivity (Wildman–Crippen MR) is 79.9 cm³/mol. The minimum atomic E-state index is -3.60. The standard InChI is InChI=1S/C14H24N2O3S/c1-5-9-15-11-13-7-8-14(19-13)20(17,18)16(10-6-2)12(3)4/h6-8,12,15H,2,5,9-11H2,1,3-4H3. The van der Waals surface area contributed by atoms with Crippen molar-refractivity contribution in [2.24, 2.45) is 0 Å². The summed E-state index contributed by atoms with van der Waals surface area (Å²) in [4.78, 5) is 0. The van der Waals surface area contributed by atoms with E-state index in [1.807, 2.05) is 13.8 Å². The molecular formula is C14H24N2O3S. The molecule has 0 saturated heterocycles. The number of hydrogen-bond acceptors (Lipinski definition) is 4. The van der Waals surface area contributed by atoms with E-state index in [1.54, 1.807) is 12.1 Å². The van der Waals surface area contributed by atoms with Gasteiger partial charge in [0.2, 0.25) is 5.09 Å². The molecule has 1 rings (SSSR count). The van der Waals surface area contributed by atoms with Crippen LogP contribution in [0.1, 0.15) is 33.0 Å².